The van der Waals surface area contributed by atoms with Gasteiger partial charge in [-0.15, -0.1) is 22.7 Å². The number of carbonyl (C=O) groups is 4. The molecule has 0 saturated carbocycles. The fraction of sp³-hybridized carbons (Fsp3) is 0.357. The van der Waals surface area contributed by atoms with Crippen molar-refractivity contribution in [3.63, 3.8) is 0 Å². The largest absolute Gasteiger partial charge is 0.496 e. The van der Waals surface area contributed by atoms with Crippen molar-refractivity contribution in [2.75, 3.05) is 14.2 Å². The quantitative estimate of drug-likeness (QED) is 0.190. The predicted octanol–water partition coefficient (Wildman–Crippen LogP) is 5.70. The molecule has 0 fully saturated rings. The molecule has 0 unspecified atom stereocenters. The number of thiazole rings is 2. The summed E-state index contributed by atoms with van der Waals surface area (Å²) in [7, 11) is 3.21. The second kappa shape index (κ2) is 12.4. The Hall–Kier alpha value is -3.70. The molecule has 1 N–H and O–H groups in total. The Bertz CT molecular complexity index is 1460. The molecule has 4 aromatic rings. The molecule has 9 nitrogen and oxygen atoms in total. The first-order valence-corrected chi connectivity index (χ1v) is 14.0. The number of carboxylic acid groups (broad SMARTS) is 1. The van der Waals surface area contributed by atoms with Gasteiger partial charge in [-0.3, -0.25) is 14.4 Å². The second-order valence-corrected chi connectivity index (χ2v) is 11.2. The highest BCUT2D eigenvalue weighted by atomic mass is 32.1. The van der Waals surface area contributed by atoms with Crippen molar-refractivity contribution >= 4 is 66.4 Å². The zero-order chi connectivity index (χ0) is 28.1. The van der Waals surface area contributed by atoms with Crippen LogP contribution in [0.4, 0.5) is 0 Å². The third-order valence-corrected chi connectivity index (χ3v) is 8.34. The van der Waals surface area contributed by atoms with Crippen LogP contribution in [0.15, 0.2) is 24.3 Å². The molecule has 0 saturated heterocycles. The van der Waals surface area contributed by atoms with Crippen molar-refractivity contribution in [3.8, 4) is 11.5 Å². The van der Waals surface area contributed by atoms with E-state index < -0.39 is 5.97 Å². The summed E-state index contributed by atoms with van der Waals surface area (Å²) in [4.78, 5) is 55.8. The number of ketones is 3. The van der Waals surface area contributed by atoms with Crippen LogP contribution in [0.2, 0.25) is 0 Å². The fourth-order valence-electron chi connectivity index (χ4n) is 4.20. The molecule has 0 aliphatic carbocycles. The molecular formula is C28H28N2O7S2. The number of benzene rings is 2. The fourth-order valence-corrected chi connectivity index (χ4v) is 6.09. The molecule has 0 bridgehead atoms. The normalized spacial score (nSPS) is 11.2. The molecule has 0 radical (unpaired) electrons. The van der Waals surface area contributed by atoms with Gasteiger partial charge in [-0.25, -0.2) is 9.97 Å². The summed E-state index contributed by atoms with van der Waals surface area (Å²) < 4.78 is 12.9. The minimum absolute atomic E-state index is 0.0244. The van der Waals surface area contributed by atoms with Crippen LogP contribution in [0.1, 0.15) is 69.8 Å². The minimum atomic E-state index is -1.02. The van der Waals surface area contributed by atoms with Gasteiger partial charge in [0, 0.05) is 19.3 Å². The molecule has 2 aromatic heterocycles. The van der Waals surface area contributed by atoms with Crippen LogP contribution >= 0.6 is 22.7 Å². The summed E-state index contributed by atoms with van der Waals surface area (Å²) in [5.41, 5.74) is 3.33. The number of carbonyl (C=O) groups excluding carboxylic acids is 3. The molecule has 4 rings (SSSR count). The van der Waals surface area contributed by atoms with Crippen molar-refractivity contribution in [1.82, 2.24) is 9.97 Å². The van der Waals surface area contributed by atoms with E-state index in [-0.39, 0.29) is 43.0 Å². The van der Waals surface area contributed by atoms with E-state index in [9.17, 15) is 19.2 Å². The van der Waals surface area contributed by atoms with Gasteiger partial charge in [0.2, 0.25) is 0 Å². The summed E-state index contributed by atoms with van der Waals surface area (Å²) in [5, 5.41) is 9.54. The number of hydrogen-bond acceptors (Lipinski definition) is 10. The molecule has 0 spiro atoms. The van der Waals surface area contributed by atoms with E-state index in [1.807, 2.05) is 24.3 Å². The minimum Gasteiger partial charge on any atom is -0.496 e. The Kier molecular flexibility index (Phi) is 9.03. The first-order chi connectivity index (χ1) is 18.7. The zero-order valence-corrected chi connectivity index (χ0v) is 23.5. The number of ether oxygens (including phenoxy) is 2. The van der Waals surface area contributed by atoms with Crippen molar-refractivity contribution in [1.29, 1.82) is 0 Å². The summed E-state index contributed by atoms with van der Waals surface area (Å²) in [5.74, 6) is -0.0385. The second-order valence-electron chi connectivity index (χ2n) is 9.10. The van der Waals surface area contributed by atoms with Crippen LogP contribution < -0.4 is 9.47 Å². The van der Waals surface area contributed by atoms with Crippen LogP contribution in [0.3, 0.4) is 0 Å². The number of carboxylic acids is 1. The van der Waals surface area contributed by atoms with Crippen LogP contribution in [-0.4, -0.2) is 52.6 Å². The highest BCUT2D eigenvalue weighted by Gasteiger charge is 2.18. The number of aromatic nitrogens is 2. The predicted molar refractivity (Wildman–Crippen MR) is 150 cm³/mol. The molecule has 0 amide bonds. The smallest absolute Gasteiger partial charge is 0.303 e. The highest BCUT2D eigenvalue weighted by Crippen LogP contribution is 2.34. The van der Waals surface area contributed by atoms with Crippen molar-refractivity contribution < 1.29 is 33.8 Å². The first-order valence-electron chi connectivity index (χ1n) is 12.4. The van der Waals surface area contributed by atoms with Gasteiger partial charge in [0.25, 0.3) is 0 Å². The summed E-state index contributed by atoms with van der Waals surface area (Å²) in [6.07, 6.45) is 2.21. The zero-order valence-electron chi connectivity index (χ0n) is 21.9. The topological polar surface area (TPSA) is 133 Å². The highest BCUT2D eigenvalue weighted by molar-refractivity contribution is 7.20. The maximum Gasteiger partial charge on any atom is 0.303 e. The standard InChI is InChI=1S/C28H28N2O7S2/c1-15(31)7-8-20(32)27-29-18-11-16(22(36-2)13-24(18)38-27)5-4-6-17-12-19-25(14-23(17)37-3)39-28(30-19)21(33)9-10-26(34)35/h11-14H,4-10H2,1-3H3,(H,34,35). The van der Waals surface area contributed by atoms with Gasteiger partial charge < -0.3 is 19.4 Å². The van der Waals surface area contributed by atoms with Gasteiger partial charge >= 0.3 is 5.97 Å². The number of aryl methyl sites for hydroxylation is 2. The van der Waals surface area contributed by atoms with Crippen molar-refractivity contribution in [2.24, 2.45) is 0 Å². The molecule has 0 atom stereocenters. The number of hydrogen-bond donors (Lipinski definition) is 1. The van der Waals surface area contributed by atoms with Crippen LogP contribution in [0.5, 0.6) is 11.5 Å². The summed E-state index contributed by atoms with van der Waals surface area (Å²) in [6.45, 7) is 1.47. The number of methoxy groups -OCH3 is 2. The lowest BCUT2D eigenvalue weighted by Crippen LogP contribution is -2.03. The van der Waals surface area contributed by atoms with Gasteiger partial charge in [-0.05, 0) is 61.6 Å². The maximum atomic E-state index is 12.4. The van der Waals surface area contributed by atoms with Gasteiger partial charge in [0.05, 0.1) is 41.1 Å². The Morgan fingerprint density at radius 1 is 0.744 bits per heavy atom. The molecule has 0 aliphatic heterocycles. The van der Waals surface area contributed by atoms with Gasteiger partial charge in [0.15, 0.2) is 21.6 Å². The van der Waals surface area contributed by atoms with Gasteiger partial charge in [-0.2, -0.15) is 0 Å². The SMILES string of the molecule is COc1cc2sc(C(=O)CCC(C)=O)nc2cc1CCCc1cc2nc(C(=O)CCC(=O)O)sc2cc1OC. The lowest BCUT2D eigenvalue weighted by molar-refractivity contribution is -0.137. The Balaban J connectivity index is 1.49. The maximum absolute atomic E-state index is 12.4. The third kappa shape index (κ3) is 6.85. The molecule has 39 heavy (non-hydrogen) atoms. The lowest BCUT2D eigenvalue weighted by atomic mass is 10.0. The summed E-state index contributed by atoms with van der Waals surface area (Å²) in [6, 6.07) is 7.62. The average Bonchev–Trinajstić information content (AvgIpc) is 3.52. The summed E-state index contributed by atoms with van der Waals surface area (Å²) >= 11 is 2.54. The monoisotopic (exact) mass is 568 g/mol. The number of fused-ring (bicyclic) bond motifs is 2. The van der Waals surface area contributed by atoms with Crippen molar-refractivity contribution in [3.05, 3.63) is 45.4 Å². The van der Waals surface area contributed by atoms with E-state index in [0.29, 0.717) is 34.1 Å². The molecule has 2 heterocycles. The van der Waals surface area contributed by atoms with E-state index in [2.05, 4.69) is 9.97 Å². The number of aliphatic carboxylic acids is 1. The van der Waals surface area contributed by atoms with E-state index in [1.165, 1.54) is 29.6 Å². The van der Waals surface area contributed by atoms with E-state index in [0.717, 1.165) is 38.2 Å². The number of rotatable bonds is 14. The first kappa shape index (κ1) is 28.3. The van der Waals surface area contributed by atoms with Crippen LogP contribution in [0.25, 0.3) is 20.4 Å². The molecule has 204 valence electrons. The Labute approximate surface area is 232 Å². The average molecular weight is 569 g/mol. The van der Waals surface area contributed by atoms with Crippen molar-refractivity contribution in [2.45, 2.75) is 51.9 Å². The van der Waals surface area contributed by atoms with Gasteiger partial charge in [-0.1, -0.05) is 0 Å². The molecule has 0 aliphatic rings. The Morgan fingerprint density at radius 2 is 1.21 bits per heavy atom. The Morgan fingerprint density at radius 3 is 1.62 bits per heavy atom. The number of Topliss-reactive ketones (excluding diaryl/α,β-unsaturated/α-hetero) is 3. The molecular weight excluding hydrogens is 540 g/mol. The molecule has 2 aromatic carbocycles. The van der Waals surface area contributed by atoms with E-state index in [4.69, 9.17) is 14.6 Å². The van der Waals surface area contributed by atoms with E-state index in [1.54, 1.807) is 14.2 Å². The van der Waals surface area contributed by atoms with Crippen LogP contribution in [-0.2, 0) is 22.4 Å². The van der Waals surface area contributed by atoms with E-state index >= 15 is 0 Å². The lowest BCUT2D eigenvalue weighted by Gasteiger charge is -2.11. The number of nitrogens with zero attached hydrogens (tertiary/aromatic N) is 2. The molecule has 11 heteroatoms. The van der Waals surface area contributed by atoms with Gasteiger partial charge in [0.1, 0.15) is 17.3 Å². The third-order valence-electron chi connectivity index (χ3n) is 6.22. The van der Waals surface area contributed by atoms with Crippen LogP contribution in [0, 0.1) is 0 Å².